The first-order valence-corrected chi connectivity index (χ1v) is 7.94. The molecule has 1 heterocycles. The summed E-state index contributed by atoms with van der Waals surface area (Å²) in [5.41, 5.74) is 1.01. The number of aliphatic hydroxyl groups is 1. The molecule has 1 fully saturated rings. The Morgan fingerprint density at radius 2 is 2.23 bits per heavy atom. The summed E-state index contributed by atoms with van der Waals surface area (Å²) in [6.07, 6.45) is -0.251. The van der Waals surface area contributed by atoms with E-state index in [9.17, 15) is 18.7 Å². The van der Waals surface area contributed by atoms with Gasteiger partial charge in [-0.2, -0.15) is 11.3 Å². The Hall–Kier alpha value is -1.79. The van der Waals surface area contributed by atoms with Crippen molar-refractivity contribution in [2.24, 2.45) is 5.92 Å². The van der Waals surface area contributed by atoms with E-state index in [1.165, 1.54) is 23.5 Å². The van der Waals surface area contributed by atoms with Crippen LogP contribution in [0.1, 0.15) is 29.6 Å². The summed E-state index contributed by atoms with van der Waals surface area (Å²) in [4.78, 5) is 12.0. The van der Waals surface area contributed by atoms with E-state index in [0.29, 0.717) is 6.42 Å². The van der Waals surface area contributed by atoms with Crippen molar-refractivity contribution < 1.29 is 18.7 Å². The van der Waals surface area contributed by atoms with Crippen LogP contribution in [0.15, 0.2) is 35.0 Å². The number of thiophene rings is 1. The smallest absolute Gasteiger partial charge is 0.223 e. The number of aliphatic hydroxyl groups excluding tert-OH is 1. The molecular weight excluding hydrogens is 308 g/mol. The Morgan fingerprint density at radius 3 is 2.95 bits per heavy atom. The molecule has 0 bridgehead atoms. The monoisotopic (exact) mass is 323 g/mol. The number of nitrogens with one attached hydrogen (secondary N) is 1. The topological polar surface area (TPSA) is 49.3 Å². The molecule has 1 aliphatic carbocycles. The van der Waals surface area contributed by atoms with Gasteiger partial charge in [-0.15, -0.1) is 0 Å². The van der Waals surface area contributed by atoms with Crippen LogP contribution >= 0.6 is 11.3 Å². The Labute approximate surface area is 130 Å². The summed E-state index contributed by atoms with van der Waals surface area (Å²) >= 11 is 1.47. The van der Waals surface area contributed by atoms with Crippen molar-refractivity contribution in [3.63, 3.8) is 0 Å². The summed E-state index contributed by atoms with van der Waals surface area (Å²) in [6.45, 7) is 0.115. The zero-order chi connectivity index (χ0) is 15.7. The number of halogens is 2. The van der Waals surface area contributed by atoms with Crippen molar-refractivity contribution in [3.8, 4) is 0 Å². The van der Waals surface area contributed by atoms with Gasteiger partial charge in [-0.25, -0.2) is 8.78 Å². The molecule has 22 heavy (non-hydrogen) atoms. The highest BCUT2D eigenvalue weighted by Gasteiger charge is 2.45. The van der Waals surface area contributed by atoms with Crippen LogP contribution in [0.4, 0.5) is 8.78 Å². The molecule has 3 rings (SSSR count). The highest BCUT2D eigenvalue weighted by Crippen LogP contribution is 2.48. The lowest BCUT2D eigenvalue weighted by molar-refractivity contribution is -0.122. The van der Waals surface area contributed by atoms with Crippen molar-refractivity contribution in [2.75, 3.05) is 6.54 Å². The van der Waals surface area contributed by atoms with Crippen molar-refractivity contribution in [3.05, 3.63) is 57.8 Å². The molecule has 2 N–H and O–H groups in total. The van der Waals surface area contributed by atoms with E-state index in [2.05, 4.69) is 5.32 Å². The van der Waals surface area contributed by atoms with Crippen molar-refractivity contribution in [1.29, 1.82) is 0 Å². The van der Waals surface area contributed by atoms with E-state index in [4.69, 9.17) is 0 Å². The number of benzene rings is 1. The largest absolute Gasteiger partial charge is 0.387 e. The number of carbonyl (C=O) groups excluding carboxylic acids is 1. The fraction of sp³-hybridized carbons (Fsp3) is 0.312. The second kappa shape index (κ2) is 6.14. The predicted octanol–water partition coefficient (Wildman–Crippen LogP) is 2.98. The van der Waals surface area contributed by atoms with Gasteiger partial charge in [0.15, 0.2) is 11.6 Å². The average molecular weight is 323 g/mol. The normalized spacial score (nSPS) is 21.4. The molecule has 3 nitrogen and oxygen atoms in total. The minimum absolute atomic E-state index is 0.115. The first-order valence-electron chi connectivity index (χ1n) is 6.99. The molecule has 3 atom stereocenters. The van der Waals surface area contributed by atoms with Gasteiger partial charge in [0.25, 0.3) is 0 Å². The molecule has 0 spiro atoms. The minimum Gasteiger partial charge on any atom is -0.387 e. The molecule has 0 unspecified atom stereocenters. The van der Waals surface area contributed by atoms with Crippen LogP contribution in [-0.2, 0) is 4.79 Å². The van der Waals surface area contributed by atoms with E-state index in [1.54, 1.807) is 6.07 Å². The van der Waals surface area contributed by atoms with Gasteiger partial charge in [0, 0.05) is 12.5 Å². The van der Waals surface area contributed by atoms with Crippen LogP contribution in [0.3, 0.4) is 0 Å². The number of hydrogen-bond donors (Lipinski definition) is 2. The van der Waals surface area contributed by atoms with E-state index < -0.39 is 17.7 Å². The van der Waals surface area contributed by atoms with Gasteiger partial charge in [-0.05, 0) is 46.4 Å². The van der Waals surface area contributed by atoms with Gasteiger partial charge in [0.2, 0.25) is 5.91 Å². The zero-order valence-corrected chi connectivity index (χ0v) is 12.4. The molecule has 1 aliphatic rings. The molecule has 0 radical (unpaired) electrons. The van der Waals surface area contributed by atoms with E-state index in [0.717, 1.165) is 11.6 Å². The van der Waals surface area contributed by atoms with Crippen LogP contribution in [0.5, 0.6) is 0 Å². The molecule has 1 saturated carbocycles. The lowest BCUT2D eigenvalue weighted by Crippen LogP contribution is -2.29. The highest BCUT2D eigenvalue weighted by atomic mass is 32.1. The maximum atomic E-state index is 13.7. The summed E-state index contributed by atoms with van der Waals surface area (Å²) in [5, 5.41) is 16.2. The van der Waals surface area contributed by atoms with Crippen LogP contribution in [-0.4, -0.2) is 17.6 Å². The molecule has 0 aliphatic heterocycles. The Kier molecular flexibility index (Phi) is 4.22. The summed E-state index contributed by atoms with van der Waals surface area (Å²) in [6, 6.07) is 5.81. The van der Waals surface area contributed by atoms with Gasteiger partial charge in [-0.3, -0.25) is 4.79 Å². The number of hydrogen-bond acceptors (Lipinski definition) is 3. The summed E-state index contributed by atoms with van der Waals surface area (Å²) < 4.78 is 26.9. The van der Waals surface area contributed by atoms with Crippen LogP contribution < -0.4 is 5.32 Å². The van der Waals surface area contributed by atoms with Gasteiger partial charge < -0.3 is 10.4 Å². The predicted molar refractivity (Wildman–Crippen MR) is 79.5 cm³/mol. The third-order valence-electron chi connectivity index (χ3n) is 3.91. The standard InChI is InChI=1S/C16H15F2NO2S/c17-13-3-1-2-10(15(13)18)11-6-12(11)16(21)19-7-14(20)9-4-5-22-8-9/h1-5,8,11-12,14,20H,6-7H2,(H,19,21)/t11-,12+,14+/m1/s1. The molecule has 0 saturated heterocycles. The first kappa shape index (κ1) is 15.1. The van der Waals surface area contributed by atoms with E-state index >= 15 is 0 Å². The van der Waals surface area contributed by atoms with Crippen LogP contribution in [0, 0.1) is 17.6 Å². The van der Waals surface area contributed by atoms with Crippen molar-refractivity contribution in [1.82, 2.24) is 5.32 Å². The fourth-order valence-electron chi connectivity index (χ4n) is 2.55. The van der Waals surface area contributed by atoms with Crippen LogP contribution in [0.25, 0.3) is 0 Å². The molecule has 2 aromatic rings. The van der Waals surface area contributed by atoms with E-state index in [-0.39, 0.29) is 29.9 Å². The molecule has 6 heteroatoms. The summed E-state index contributed by atoms with van der Waals surface area (Å²) in [5.74, 6) is -2.64. The minimum atomic E-state index is -0.892. The Bertz CT molecular complexity index is 675. The fourth-order valence-corrected chi connectivity index (χ4v) is 3.25. The summed E-state index contributed by atoms with van der Waals surface area (Å²) in [7, 11) is 0. The zero-order valence-electron chi connectivity index (χ0n) is 11.6. The SMILES string of the molecule is O=C(NC[C@H](O)c1ccsc1)[C@H]1C[C@@H]1c1cccc(F)c1F. The lowest BCUT2D eigenvalue weighted by Gasteiger charge is -2.10. The number of amides is 1. The highest BCUT2D eigenvalue weighted by molar-refractivity contribution is 7.07. The molecule has 1 amide bonds. The second-order valence-corrected chi connectivity index (χ2v) is 6.19. The van der Waals surface area contributed by atoms with E-state index in [1.807, 2.05) is 10.8 Å². The first-order chi connectivity index (χ1) is 10.6. The van der Waals surface area contributed by atoms with Crippen molar-refractivity contribution >= 4 is 17.2 Å². The maximum Gasteiger partial charge on any atom is 0.223 e. The average Bonchev–Trinajstić information content (AvgIpc) is 3.10. The van der Waals surface area contributed by atoms with Gasteiger partial charge >= 0.3 is 0 Å². The van der Waals surface area contributed by atoms with Crippen molar-refractivity contribution in [2.45, 2.75) is 18.4 Å². The number of carbonyl (C=O) groups is 1. The van der Waals surface area contributed by atoms with Gasteiger partial charge in [0.1, 0.15) is 0 Å². The second-order valence-electron chi connectivity index (χ2n) is 5.41. The van der Waals surface area contributed by atoms with Gasteiger partial charge in [-0.1, -0.05) is 12.1 Å². The third kappa shape index (κ3) is 3.03. The maximum absolute atomic E-state index is 13.7. The Balaban J connectivity index is 1.56. The third-order valence-corrected chi connectivity index (χ3v) is 4.61. The molecule has 1 aromatic heterocycles. The lowest BCUT2D eigenvalue weighted by atomic mass is 10.1. The van der Waals surface area contributed by atoms with Crippen LogP contribution in [0.2, 0.25) is 0 Å². The number of rotatable bonds is 5. The Morgan fingerprint density at radius 1 is 1.41 bits per heavy atom. The molecule has 116 valence electrons. The quantitative estimate of drug-likeness (QED) is 0.889. The molecular formula is C16H15F2NO2S. The van der Waals surface area contributed by atoms with Gasteiger partial charge in [0.05, 0.1) is 6.10 Å². The molecule has 1 aromatic carbocycles.